The van der Waals surface area contributed by atoms with Gasteiger partial charge in [-0.05, 0) is 54.3 Å². The average molecular weight is 458 g/mol. The number of amides is 1. The van der Waals surface area contributed by atoms with Crippen LogP contribution in [0.2, 0.25) is 0 Å². The number of methoxy groups -OCH3 is 1. The van der Waals surface area contributed by atoms with Gasteiger partial charge in [0.2, 0.25) is 15.9 Å². The minimum Gasteiger partial charge on any atom is -0.493 e. The molecule has 1 amide bonds. The van der Waals surface area contributed by atoms with Crippen LogP contribution in [-0.2, 0) is 21.2 Å². The number of rotatable bonds is 6. The molecule has 2 heterocycles. The van der Waals surface area contributed by atoms with E-state index in [2.05, 4.69) is 5.10 Å². The summed E-state index contributed by atoms with van der Waals surface area (Å²) in [6.07, 6.45) is 2.42. The maximum absolute atomic E-state index is 12.4. The van der Waals surface area contributed by atoms with Crippen molar-refractivity contribution in [1.82, 2.24) is 5.01 Å². The van der Waals surface area contributed by atoms with E-state index in [0.717, 1.165) is 22.4 Å². The zero-order chi connectivity index (χ0) is 23.0. The zero-order valence-corrected chi connectivity index (χ0v) is 19.5. The molecule has 0 fully saturated rings. The van der Waals surface area contributed by atoms with Crippen LogP contribution in [0.3, 0.4) is 0 Å². The second-order valence-electron chi connectivity index (χ2n) is 7.90. The lowest BCUT2D eigenvalue weighted by Crippen LogP contribution is -2.27. The van der Waals surface area contributed by atoms with Gasteiger partial charge < -0.3 is 9.47 Å². The first-order valence-electron chi connectivity index (χ1n) is 10.5. The minimum atomic E-state index is -3.30. The number of hydrogen-bond donors (Lipinski definition) is 0. The summed E-state index contributed by atoms with van der Waals surface area (Å²) < 4.78 is 36.5. The molecule has 4 rings (SSSR count). The molecule has 0 aliphatic carbocycles. The summed E-state index contributed by atoms with van der Waals surface area (Å²) in [6, 6.07) is 11.1. The molecule has 1 atom stereocenters. The first-order valence-corrected chi connectivity index (χ1v) is 12.4. The van der Waals surface area contributed by atoms with Gasteiger partial charge in [0.05, 0.1) is 37.4 Å². The normalized spacial score (nSPS) is 17.9. The quantitative estimate of drug-likeness (QED) is 0.665. The van der Waals surface area contributed by atoms with E-state index in [1.165, 1.54) is 22.5 Å². The highest BCUT2D eigenvalue weighted by atomic mass is 32.2. The number of carbonyl (C=O) groups is 1. The molecular formula is C23H27N3O5S. The molecule has 2 aromatic rings. The van der Waals surface area contributed by atoms with Gasteiger partial charge in [-0.15, -0.1) is 0 Å². The largest absolute Gasteiger partial charge is 0.493 e. The van der Waals surface area contributed by atoms with Gasteiger partial charge in [0.15, 0.2) is 11.5 Å². The lowest BCUT2D eigenvalue weighted by molar-refractivity contribution is -0.130. The number of carbonyl (C=O) groups excluding carboxylic acids is 1. The van der Waals surface area contributed by atoms with Crippen LogP contribution in [0.5, 0.6) is 11.5 Å². The average Bonchev–Trinajstić information content (AvgIpc) is 3.38. The third kappa shape index (κ3) is 4.04. The Bertz CT molecular complexity index is 1190. The molecule has 0 saturated carbocycles. The predicted octanol–water partition coefficient (Wildman–Crippen LogP) is 3.11. The monoisotopic (exact) mass is 457 g/mol. The van der Waals surface area contributed by atoms with Gasteiger partial charge in [0, 0.05) is 19.9 Å². The summed E-state index contributed by atoms with van der Waals surface area (Å²) in [4.78, 5) is 12.4. The molecule has 2 aliphatic rings. The van der Waals surface area contributed by atoms with E-state index in [1.807, 2.05) is 43.3 Å². The topological polar surface area (TPSA) is 88.5 Å². The smallest absolute Gasteiger partial charge is 0.240 e. The molecule has 9 heteroatoms. The molecule has 0 bridgehead atoms. The summed E-state index contributed by atoms with van der Waals surface area (Å²) >= 11 is 0. The standard InChI is InChI=1S/C23H27N3O5S/c1-5-31-23-13-17(7-9-22(23)30-3)21-14-19(24-26(21)15(2)27)16-6-8-20-18(12-16)10-11-25(20)32(4,28)29/h6-9,12-13,21H,5,10-11,14H2,1-4H3. The van der Waals surface area contributed by atoms with Crippen LogP contribution >= 0.6 is 0 Å². The Morgan fingerprint density at radius 2 is 1.97 bits per heavy atom. The molecular weight excluding hydrogens is 430 g/mol. The highest BCUT2D eigenvalue weighted by Crippen LogP contribution is 2.38. The van der Waals surface area contributed by atoms with Crippen molar-refractivity contribution in [3.8, 4) is 11.5 Å². The summed E-state index contributed by atoms with van der Waals surface area (Å²) in [7, 11) is -1.71. The number of ether oxygens (including phenoxy) is 2. The SMILES string of the molecule is CCOc1cc(C2CC(c3ccc4c(c3)CCN4S(C)(=O)=O)=NN2C(C)=O)ccc1OC. The third-order valence-electron chi connectivity index (χ3n) is 5.77. The van der Waals surface area contributed by atoms with Gasteiger partial charge in [-0.1, -0.05) is 12.1 Å². The highest BCUT2D eigenvalue weighted by molar-refractivity contribution is 7.92. The molecule has 8 nitrogen and oxygen atoms in total. The van der Waals surface area contributed by atoms with Gasteiger partial charge in [0.25, 0.3) is 0 Å². The maximum Gasteiger partial charge on any atom is 0.240 e. The third-order valence-corrected chi connectivity index (χ3v) is 6.95. The maximum atomic E-state index is 12.4. The highest BCUT2D eigenvalue weighted by Gasteiger charge is 2.33. The van der Waals surface area contributed by atoms with Crippen LogP contribution in [0.15, 0.2) is 41.5 Å². The molecule has 0 saturated heterocycles. The van der Waals surface area contributed by atoms with Crippen LogP contribution in [0.25, 0.3) is 0 Å². The summed E-state index contributed by atoms with van der Waals surface area (Å²) in [5, 5.41) is 6.13. The lowest BCUT2D eigenvalue weighted by atomic mass is 9.96. The number of fused-ring (bicyclic) bond motifs is 1. The first kappa shape index (κ1) is 22.1. The number of nitrogens with zero attached hydrogens (tertiary/aromatic N) is 3. The van der Waals surface area contributed by atoms with E-state index in [-0.39, 0.29) is 11.9 Å². The Labute approximate surface area is 188 Å². The van der Waals surface area contributed by atoms with Crippen molar-refractivity contribution in [1.29, 1.82) is 0 Å². The second-order valence-corrected chi connectivity index (χ2v) is 9.81. The van der Waals surface area contributed by atoms with E-state index in [4.69, 9.17) is 9.47 Å². The number of hydrogen-bond acceptors (Lipinski definition) is 6. The molecule has 2 aliphatic heterocycles. The van der Waals surface area contributed by atoms with Crippen LogP contribution in [0.4, 0.5) is 5.69 Å². The van der Waals surface area contributed by atoms with Crippen LogP contribution in [-0.4, -0.2) is 51.6 Å². The van der Waals surface area contributed by atoms with Crippen molar-refractivity contribution >= 4 is 27.3 Å². The van der Waals surface area contributed by atoms with Gasteiger partial charge in [-0.25, -0.2) is 13.4 Å². The molecule has 170 valence electrons. The molecule has 2 aromatic carbocycles. The van der Waals surface area contributed by atoms with E-state index >= 15 is 0 Å². The zero-order valence-electron chi connectivity index (χ0n) is 18.7. The predicted molar refractivity (Wildman–Crippen MR) is 123 cm³/mol. The minimum absolute atomic E-state index is 0.150. The van der Waals surface area contributed by atoms with E-state index < -0.39 is 10.0 Å². The number of sulfonamides is 1. The van der Waals surface area contributed by atoms with Crippen molar-refractivity contribution in [2.45, 2.75) is 32.7 Å². The van der Waals surface area contributed by atoms with Gasteiger partial charge in [0.1, 0.15) is 0 Å². The summed E-state index contributed by atoms with van der Waals surface area (Å²) in [6.45, 7) is 4.35. The van der Waals surface area contributed by atoms with Crippen LogP contribution < -0.4 is 13.8 Å². The van der Waals surface area contributed by atoms with Crippen molar-refractivity contribution in [3.63, 3.8) is 0 Å². The number of hydrazone groups is 1. The van der Waals surface area contributed by atoms with Crippen LogP contribution in [0.1, 0.15) is 43.0 Å². The van der Waals surface area contributed by atoms with Crippen LogP contribution in [0, 0.1) is 0 Å². The van der Waals surface area contributed by atoms with Crippen molar-refractivity contribution in [2.24, 2.45) is 5.10 Å². The van der Waals surface area contributed by atoms with Crippen molar-refractivity contribution in [3.05, 3.63) is 53.1 Å². The summed E-state index contributed by atoms with van der Waals surface area (Å²) in [5.74, 6) is 1.12. The lowest BCUT2D eigenvalue weighted by Gasteiger charge is -2.21. The molecule has 0 aromatic heterocycles. The Hall–Kier alpha value is -3.07. The Kier molecular flexibility index (Phi) is 5.85. The van der Waals surface area contributed by atoms with E-state index in [0.29, 0.717) is 43.2 Å². The number of anilines is 1. The summed E-state index contributed by atoms with van der Waals surface area (Å²) in [5.41, 5.74) is 4.28. The van der Waals surface area contributed by atoms with Gasteiger partial charge in [-0.2, -0.15) is 5.10 Å². The van der Waals surface area contributed by atoms with Crippen molar-refractivity contribution < 1.29 is 22.7 Å². The fourth-order valence-electron chi connectivity index (χ4n) is 4.30. The molecule has 32 heavy (non-hydrogen) atoms. The van der Waals surface area contributed by atoms with E-state index in [9.17, 15) is 13.2 Å². The number of benzene rings is 2. The second kappa shape index (κ2) is 8.46. The Balaban J connectivity index is 1.65. The molecule has 1 unspecified atom stereocenters. The fraction of sp³-hybridized carbons (Fsp3) is 0.391. The molecule has 0 N–H and O–H groups in total. The van der Waals surface area contributed by atoms with Crippen molar-refractivity contribution in [2.75, 3.05) is 30.8 Å². The fourth-order valence-corrected chi connectivity index (χ4v) is 5.26. The van der Waals surface area contributed by atoms with E-state index in [1.54, 1.807) is 7.11 Å². The Morgan fingerprint density at radius 1 is 1.19 bits per heavy atom. The molecule has 0 radical (unpaired) electrons. The molecule has 0 spiro atoms. The van der Waals surface area contributed by atoms with Gasteiger partial charge >= 0.3 is 0 Å². The Morgan fingerprint density at radius 3 is 2.62 bits per heavy atom. The van der Waals surface area contributed by atoms with Gasteiger partial charge in [-0.3, -0.25) is 9.10 Å². The first-order chi connectivity index (χ1) is 15.2.